The molecule has 4 heteroatoms. The number of ether oxygens (including phenoxy) is 2. The van der Waals surface area contributed by atoms with Crippen molar-refractivity contribution in [1.82, 2.24) is 0 Å². The zero-order valence-corrected chi connectivity index (χ0v) is 13.3. The van der Waals surface area contributed by atoms with Crippen LogP contribution in [0.25, 0.3) is 0 Å². The highest BCUT2D eigenvalue weighted by molar-refractivity contribution is 5.95. The second-order valence-corrected chi connectivity index (χ2v) is 5.09. The highest BCUT2D eigenvalue weighted by atomic mass is 16.5. The van der Waals surface area contributed by atoms with E-state index < -0.39 is 0 Å². The van der Waals surface area contributed by atoms with Gasteiger partial charge in [0.05, 0.1) is 14.2 Å². The number of methoxy groups -OCH3 is 2. The Morgan fingerprint density at radius 2 is 1.73 bits per heavy atom. The number of hydrogen-bond acceptors (Lipinski definition) is 3. The summed E-state index contributed by atoms with van der Waals surface area (Å²) in [5, 5.41) is 0. The summed E-state index contributed by atoms with van der Waals surface area (Å²) in [4.78, 5) is 12.4. The summed E-state index contributed by atoms with van der Waals surface area (Å²) in [6, 6.07) is 11.1. The van der Waals surface area contributed by atoms with Gasteiger partial charge in [0, 0.05) is 24.1 Å². The molecule has 2 aromatic rings. The molecule has 0 atom stereocenters. The van der Waals surface area contributed by atoms with Crippen molar-refractivity contribution < 1.29 is 18.8 Å². The lowest BCUT2D eigenvalue weighted by atomic mass is 10.1. The van der Waals surface area contributed by atoms with Crippen LogP contribution in [0.2, 0.25) is 0 Å². The van der Waals surface area contributed by atoms with Gasteiger partial charge in [-0.25, -0.2) is 0 Å². The molecule has 0 saturated heterocycles. The fourth-order valence-corrected chi connectivity index (χ4v) is 2.33. The largest absolute Gasteiger partial charge is 0.497 e. The second kappa shape index (κ2) is 7.59. The average Bonchev–Trinajstić information content (AvgIpc) is 2.56. The summed E-state index contributed by atoms with van der Waals surface area (Å²) < 4.78 is 12.4. The first-order chi connectivity index (χ1) is 10.7. The van der Waals surface area contributed by atoms with Crippen LogP contribution in [-0.2, 0) is 13.0 Å². The van der Waals surface area contributed by atoms with Crippen LogP contribution in [0.1, 0.15) is 29.4 Å². The van der Waals surface area contributed by atoms with E-state index in [1.165, 1.54) is 0 Å². The summed E-state index contributed by atoms with van der Waals surface area (Å²) >= 11 is 0. The Morgan fingerprint density at radius 1 is 1.05 bits per heavy atom. The normalized spacial score (nSPS) is 10.3. The smallest absolute Gasteiger partial charge is 0.227 e. The minimum Gasteiger partial charge on any atom is -0.497 e. The van der Waals surface area contributed by atoms with Crippen LogP contribution in [0.15, 0.2) is 42.6 Å². The summed E-state index contributed by atoms with van der Waals surface area (Å²) in [7, 11) is 3.26. The molecule has 0 aliphatic rings. The fraction of sp³-hybridized carbons (Fsp3) is 0.333. The maximum Gasteiger partial charge on any atom is 0.227 e. The lowest BCUT2D eigenvalue weighted by molar-refractivity contribution is -0.690. The van der Waals surface area contributed by atoms with Crippen LogP contribution in [-0.4, -0.2) is 20.0 Å². The fourth-order valence-electron chi connectivity index (χ4n) is 2.33. The van der Waals surface area contributed by atoms with Gasteiger partial charge in [-0.3, -0.25) is 4.79 Å². The van der Waals surface area contributed by atoms with Crippen molar-refractivity contribution in [3.8, 4) is 11.5 Å². The molecule has 0 N–H and O–H groups in total. The van der Waals surface area contributed by atoms with Gasteiger partial charge in [0.25, 0.3) is 0 Å². The van der Waals surface area contributed by atoms with Crippen molar-refractivity contribution in [2.45, 2.75) is 26.3 Å². The van der Waals surface area contributed by atoms with Crippen LogP contribution in [0, 0.1) is 0 Å². The van der Waals surface area contributed by atoms with E-state index in [0.717, 1.165) is 30.0 Å². The summed E-state index contributed by atoms with van der Waals surface area (Å²) in [5.74, 6) is 1.65. The molecule has 1 heterocycles. The second-order valence-electron chi connectivity index (χ2n) is 5.09. The maximum atomic E-state index is 12.4. The lowest BCUT2D eigenvalue weighted by Gasteiger charge is -2.06. The Balaban J connectivity index is 2.19. The molecular formula is C18H22NO3+. The molecular weight excluding hydrogens is 278 g/mol. The quantitative estimate of drug-likeness (QED) is 0.583. The van der Waals surface area contributed by atoms with Gasteiger partial charge in [0.15, 0.2) is 11.9 Å². The van der Waals surface area contributed by atoms with Gasteiger partial charge in [-0.2, -0.15) is 4.57 Å². The third-order valence-corrected chi connectivity index (χ3v) is 3.56. The molecule has 0 aliphatic carbocycles. The first kappa shape index (κ1) is 16.0. The van der Waals surface area contributed by atoms with Gasteiger partial charge in [0.2, 0.25) is 12.3 Å². The van der Waals surface area contributed by atoms with Gasteiger partial charge in [-0.05, 0) is 30.7 Å². The average molecular weight is 300 g/mol. The van der Waals surface area contributed by atoms with Gasteiger partial charge < -0.3 is 9.47 Å². The summed E-state index contributed by atoms with van der Waals surface area (Å²) in [5.41, 5.74) is 1.79. The number of pyridine rings is 1. The van der Waals surface area contributed by atoms with E-state index in [1.54, 1.807) is 38.5 Å². The van der Waals surface area contributed by atoms with Crippen molar-refractivity contribution in [2.24, 2.45) is 0 Å². The number of ketones is 1. The maximum absolute atomic E-state index is 12.4. The number of rotatable bonds is 7. The van der Waals surface area contributed by atoms with Gasteiger partial charge in [-0.1, -0.05) is 6.92 Å². The van der Waals surface area contributed by atoms with Crippen LogP contribution >= 0.6 is 0 Å². The Bertz CT molecular complexity index is 635. The third-order valence-electron chi connectivity index (χ3n) is 3.56. The highest BCUT2D eigenvalue weighted by Gasteiger charge is 2.17. The number of hydrogen-bond donors (Lipinski definition) is 0. The topological polar surface area (TPSA) is 39.4 Å². The molecule has 1 aromatic carbocycles. The van der Waals surface area contributed by atoms with E-state index in [2.05, 4.69) is 6.92 Å². The highest BCUT2D eigenvalue weighted by Crippen LogP contribution is 2.13. The molecule has 0 bridgehead atoms. The molecule has 1 aromatic heterocycles. The molecule has 0 saturated carbocycles. The van der Waals surface area contributed by atoms with E-state index in [1.807, 2.05) is 22.9 Å². The number of aryl methyl sites for hydroxylation is 1. The number of Topliss-reactive ketones (excluding diaryl/α,β-unsaturated/α-hetero) is 1. The van der Waals surface area contributed by atoms with Crippen LogP contribution in [0.4, 0.5) is 0 Å². The minimum absolute atomic E-state index is 0.0789. The van der Waals surface area contributed by atoms with Crippen molar-refractivity contribution in [3.63, 3.8) is 0 Å². The first-order valence-electron chi connectivity index (χ1n) is 7.41. The third kappa shape index (κ3) is 3.85. The van der Waals surface area contributed by atoms with Crippen molar-refractivity contribution in [3.05, 3.63) is 53.9 Å². The Labute approximate surface area is 131 Å². The molecule has 0 radical (unpaired) electrons. The van der Waals surface area contributed by atoms with E-state index in [9.17, 15) is 4.79 Å². The lowest BCUT2D eigenvalue weighted by Crippen LogP contribution is -2.41. The number of aromatic nitrogens is 1. The SMILES string of the molecule is CCCc1cc(OC)cc[n+]1CC(=O)c1ccc(OC)cc1. The molecule has 0 spiro atoms. The minimum atomic E-state index is 0.0789. The van der Waals surface area contributed by atoms with E-state index in [4.69, 9.17) is 9.47 Å². The Kier molecular flexibility index (Phi) is 5.53. The van der Waals surface area contributed by atoms with E-state index in [0.29, 0.717) is 12.1 Å². The molecule has 2 rings (SSSR count). The van der Waals surface area contributed by atoms with Crippen LogP contribution in [0.5, 0.6) is 11.5 Å². The number of carbonyl (C=O) groups is 1. The van der Waals surface area contributed by atoms with Gasteiger partial charge in [0.1, 0.15) is 11.5 Å². The van der Waals surface area contributed by atoms with Crippen molar-refractivity contribution in [1.29, 1.82) is 0 Å². The molecule has 0 aliphatic heterocycles. The van der Waals surface area contributed by atoms with Crippen molar-refractivity contribution in [2.75, 3.05) is 14.2 Å². The predicted molar refractivity (Wildman–Crippen MR) is 84.5 cm³/mol. The molecule has 116 valence electrons. The number of carbonyl (C=O) groups excluding carboxylic acids is 1. The molecule has 0 amide bonds. The monoisotopic (exact) mass is 300 g/mol. The summed E-state index contributed by atoms with van der Waals surface area (Å²) in [6.07, 6.45) is 3.84. The number of benzene rings is 1. The first-order valence-corrected chi connectivity index (χ1v) is 7.41. The molecule has 0 unspecified atom stereocenters. The van der Waals surface area contributed by atoms with E-state index >= 15 is 0 Å². The van der Waals surface area contributed by atoms with Crippen LogP contribution < -0.4 is 14.0 Å². The van der Waals surface area contributed by atoms with Gasteiger partial charge >= 0.3 is 0 Å². The van der Waals surface area contributed by atoms with Gasteiger partial charge in [-0.15, -0.1) is 0 Å². The number of nitrogens with zero attached hydrogens (tertiary/aromatic N) is 1. The predicted octanol–water partition coefficient (Wildman–Crippen LogP) is 2.83. The van der Waals surface area contributed by atoms with E-state index in [-0.39, 0.29) is 5.78 Å². The standard InChI is InChI=1S/C18H22NO3/c1-4-5-15-12-17(22-3)10-11-19(15)13-18(20)14-6-8-16(21-2)9-7-14/h6-12H,4-5,13H2,1-3H3/q+1. The van der Waals surface area contributed by atoms with Crippen LogP contribution in [0.3, 0.4) is 0 Å². The zero-order chi connectivity index (χ0) is 15.9. The summed E-state index contributed by atoms with van der Waals surface area (Å²) in [6.45, 7) is 2.45. The van der Waals surface area contributed by atoms with Crippen molar-refractivity contribution >= 4 is 5.78 Å². The Hall–Kier alpha value is -2.36. The molecule has 0 fully saturated rings. The molecule has 22 heavy (non-hydrogen) atoms. The zero-order valence-electron chi connectivity index (χ0n) is 13.3. The Morgan fingerprint density at radius 3 is 2.32 bits per heavy atom. The molecule has 4 nitrogen and oxygen atoms in total.